The minimum absolute atomic E-state index is 0.140. The van der Waals surface area contributed by atoms with Crippen LogP contribution in [0.3, 0.4) is 0 Å². The van der Waals surface area contributed by atoms with E-state index < -0.39 is 0 Å². The summed E-state index contributed by atoms with van der Waals surface area (Å²) in [4.78, 5) is 12.4. The van der Waals surface area contributed by atoms with Crippen molar-refractivity contribution in [3.63, 3.8) is 0 Å². The molecule has 152 valence electrons. The zero-order valence-electron chi connectivity index (χ0n) is 16.2. The molecule has 0 aliphatic rings. The molecule has 8 heteroatoms. The maximum Gasteiger partial charge on any atom is 0.234 e. The van der Waals surface area contributed by atoms with Crippen molar-refractivity contribution >= 4 is 23.4 Å². The molecule has 4 rings (SSSR count). The Labute approximate surface area is 177 Å². The third kappa shape index (κ3) is 4.60. The quantitative estimate of drug-likeness (QED) is 0.435. The molecule has 6 nitrogen and oxygen atoms in total. The number of hydrogen-bond donors (Lipinski definition) is 1. The van der Waals surface area contributed by atoms with Gasteiger partial charge in [0.2, 0.25) is 5.91 Å². The summed E-state index contributed by atoms with van der Waals surface area (Å²) in [7, 11) is 0. The van der Waals surface area contributed by atoms with Crippen molar-refractivity contribution in [1.82, 2.24) is 14.8 Å². The summed E-state index contributed by atoms with van der Waals surface area (Å²) in [6, 6.07) is 17.6. The van der Waals surface area contributed by atoms with Crippen molar-refractivity contribution in [1.29, 1.82) is 0 Å². The summed E-state index contributed by atoms with van der Waals surface area (Å²) in [6.07, 6.45) is 1.57. The fourth-order valence-electron chi connectivity index (χ4n) is 2.90. The van der Waals surface area contributed by atoms with Gasteiger partial charge in [0, 0.05) is 5.69 Å². The van der Waals surface area contributed by atoms with Gasteiger partial charge in [0.05, 0.1) is 24.1 Å². The minimum atomic E-state index is -0.390. The van der Waals surface area contributed by atoms with E-state index in [1.54, 1.807) is 35.1 Å². The smallest absolute Gasteiger partial charge is 0.234 e. The molecule has 2 aromatic heterocycles. The number of furan rings is 1. The molecule has 0 unspecified atom stereocenters. The lowest BCUT2D eigenvalue weighted by Crippen LogP contribution is -2.14. The fraction of sp³-hybridized carbons (Fsp3) is 0.136. The van der Waals surface area contributed by atoms with Crippen LogP contribution in [0.2, 0.25) is 0 Å². The number of aromatic nitrogens is 3. The van der Waals surface area contributed by atoms with Gasteiger partial charge in [-0.2, -0.15) is 0 Å². The van der Waals surface area contributed by atoms with Crippen molar-refractivity contribution in [3.8, 4) is 11.4 Å². The second-order valence-corrected chi connectivity index (χ2v) is 7.60. The zero-order valence-corrected chi connectivity index (χ0v) is 17.0. The molecule has 0 atom stereocenters. The molecule has 0 saturated heterocycles. The number of thioether (sulfide) groups is 1. The molecule has 0 saturated carbocycles. The molecule has 1 amide bonds. The van der Waals surface area contributed by atoms with Crippen molar-refractivity contribution in [3.05, 3.63) is 84.1 Å². The maximum absolute atomic E-state index is 14.4. The number of carbonyl (C=O) groups excluding carboxylic acids is 1. The molecule has 1 N–H and O–H groups in total. The second-order valence-electron chi connectivity index (χ2n) is 6.65. The lowest BCUT2D eigenvalue weighted by atomic mass is 10.2. The lowest BCUT2D eigenvalue weighted by molar-refractivity contribution is -0.113. The molecule has 0 bridgehead atoms. The molecule has 30 heavy (non-hydrogen) atoms. The molecule has 0 radical (unpaired) electrons. The van der Waals surface area contributed by atoms with E-state index in [4.69, 9.17) is 4.42 Å². The summed E-state index contributed by atoms with van der Waals surface area (Å²) >= 11 is 1.23. The monoisotopic (exact) mass is 422 g/mol. The Kier molecular flexibility index (Phi) is 5.94. The lowest BCUT2D eigenvalue weighted by Gasteiger charge is -2.10. The minimum Gasteiger partial charge on any atom is -0.467 e. The van der Waals surface area contributed by atoms with Crippen LogP contribution in [0, 0.1) is 12.7 Å². The van der Waals surface area contributed by atoms with Crippen molar-refractivity contribution in [2.45, 2.75) is 18.6 Å². The van der Waals surface area contributed by atoms with Crippen LogP contribution in [0.5, 0.6) is 0 Å². The third-order valence-electron chi connectivity index (χ3n) is 4.39. The van der Waals surface area contributed by atoms with Crippen molar-refractivity contribution in [2.75, 3.05) is 11.1 Å². The van der Waals surface area contributed by atoms with Gasteiger partial charge >= 0.3 is 0 Å². The van der Waals surface area contributed by atoms with Gasteiger partial charge in [-0.25, -0.2) is 4.39 Å². The molecule has 0 spiro atoms. The number of carbonyl (C=O) groups is 1. The summed E-state index contributed by atoms with van der Waals surface area (Å²) in [5, 5.41) is 11.7. The van der Waals surface area contributed by atoms with Crippen LogP contribution in [-0.4, -0.2) is 26.4 Å². The second kappa shape index (κ2) is 8.96. The number of nitrogens with zero attached hydrogens (tertiary/aromatic N) is 3. The number of rotatable bonds is 7. The SMILES string of the molecule is Cc1ccc(NC(=O)CSc2nnc(-c3ccccc3F)n2Cc2ccco2)cc1. The first-order chi connectivity index (χ1) is 14.6. The Morgan fingerprint density at radius 3 is 2.63 bits per heavy atom. The third-order valence-corrected chi connectivity index (χ3v) is 5.36. The van der Waals surface area contributed by atoms with E-state index in [9.17, 15) is 9.18 Å². The van der Waals surface area contributed by atoms with Gasteiger partial charge in [0.15, 0.2) is 11.0 Å². The number of amides is 1. The van der Waals surface area contributed by atoms with Crippen molar-refractivity contribution < 1.29 is 13.6 Å². The van der Waals surface area contributed by atoms with Crippen LogP contribution >= 0.6 is 11.8 Å². The average Bonchev–Trinajstić information content (AvgIpc) is 3.39. The van der Waals surface area contributed by atoms with E-state index in [1.807, 2.05) is 37.3 Å². The van der Waals surface area contributed by atoms with Gasteiger partial charge in [-0.1, -0.05) is 41.6 Å². The maximum atomic E-state index is 14.4. The Morgan fingerprint density at radius 1 is 1.10 bits per heavy atom. The molecule has 0 fully saturated rings. The predicted octanol–water partition coefficient (Wildman–Crippen LogP) is 4.76. The number of benzene rings is 2. The highest BCUT2D eigenvalue weighted by Gasteiger charge is 2.19. The summed E-state index contributed by atoms with van der Waals surface area (Å²) < 4.78 is 21.5. The first-order valence-corrected chi connectivity index (χ1v) is 10.3. The first kappa shape index (κ1) is 19.9. The highest BCUT2D eigenvalue weighted by atomic mass is 32.2. The fourth-order valence-corrected chi connectivity index (χ4v) is 3.64. The Balaban J connectivity index is 1.54. The van der Waals surface area contributed by atoms with Gasteiger partial charge in [-0.15, -0.1) is 10.2 Å². The largest absolute Gasteiger partial charge is 0.467 e. The number of aryl methyl sites for hydroxylation is 1. The van der Waals surface area contributed by atoms with Crippen LogP contribution in [0.4, 0.5) is 10.1 Å². The van der Waals surface area contributed by atoms with E-state index in [0.29, 0.717) is 28.8 Å². The van der Waals surface area contributed by atoms with Crippen LogP contribution in [0.25, 0.3) is 11.4 Å². The van der Waals surface area contributed by atoms with Gasteiger partial charge in [0.1, 0.15) is 11.6 Å². The number of halogens is 1. The Hall–Kier alpha value is -3.39. The normalized spacial score (nSPS) is 10.9. The van der Waals surface area contributed by atoms with E-state index in [0.717, 1.165) is 11.3 Å². The average molecular weight is 422 g/mol. The molecule has 0 aliphatic carbocycles. The van der Waals surface area contributed by atoms with Gasteiger partial charge in [-0.05, 0) is 43.3 Å². The van der Waals surface area contributed by atoms with Gasteiger partial charge in [-0.3, -0.25) is 9.36 Å². The first-order valence-electron chi connectivity index (χ1n) is 9.30. The molecule has 0 aliphatic heterocycles. The van der Waals surface area contributed by atoms with Gasteiger partial charge < -0.3 is 9.73 Å². The van der Waals surface area contributed by atoms with Crippen molar-refractivity contribution in [2.24, 2.45) is 0 Å². The van der Waals surface area contributed by atoms with E-state index in [2.05, 4.69) is 15.5 Å². The van der Waals surface area contributed by atoms with Crippen LogP contribution in [-0.2, 0) is 11.3 Å². The van der Waals surface area contributed by atoms with Crippen LogP contribution in [0.1, 0.15) is 11.3 Å². The van der Waals surface area contributed by atoms with E-state index in [1.165, 1.54) is 17.8 Å². The highest BCUT2D eigenvalue weighted by Crippen LogP contribution is 2.27. The van der Waals surface area contributed by atoms with Crippen LogP contribution < -0.4 is 5.32 Å². The zero-order chi connectivity index (χ0) is 20.9. The summed E-state index contributed by atoms with van der Waals surface area (Å²) in [6.45, 7) is 2.31. The molecular weight excluding hydrogens is 403 g/mol. The Bertz CT molecular complexity index is 1140. The highest BCUT2D eigenvalue weighted by molar-refractivity contribution is 7.99. The van der Waals surface area contributed by atoms with Crippen LogP contribution in [0.15, 0.2) is 76.5 Å². The summed E-state index contributed by atoms with van der Waals surface area (Å²) in [5.41, 5.74) is 2.19. The Morgan fingerprint density at radius 2 is 1.90 bits per heavy atom. The number of hydrogen-bond acceptors (Lipinski definition) is 5. The molecule has 2 heterocycles. The number of anilines is 1. The van der Waals surface area contributed by atoms with Gasteiger partial charge in [0.25, 0.3) is 0 Å². The molecule has 4 aromatic rings. The molecule has 2 aromatic carbocycles. The van der Waals surface area contributed by atoms with E-state index in [-0.39, 0.29) is 17.5 Å². The topological polar surface area (TPSA) is 73.0 Å². The summed E-state index contributed by atoms with van der Waals surface area (Å²) in [5.74, 6) is 0.647. The predicted molar refractivity (Wildman–Crippen MR) is 114 cm³/mol. The van der Waals surface area contributed by atoms with E-state index >= 15 is 0 Å². The number of nitrogens with one attached hydrogen (secondary N) is 1. The molecular formula is C22H19FN4O2S. The standard InChI is InChI=1S/C22H19FN4O2S/c1-15-8-10-16(11-9-15)24-20(28)14-30-22-26-25-21(18-6-2-3-7-19(18)23)27(22)13-17-5-4-12-29-17/h2-12H,13-14H2,1H3,(H,24,28).